The highest BCUT2D eigenvalue weighted by molar-refractivity contribution is 7.71. The number of halogens is 3. The Morgan fingerprint density at radius 1 is 1.12 bits per heavy atom. The van der Waals surface area contributed by atoms with E-state index >= 15 is 0 Å². The first kappa shape index (κ1) is 12.7. The van der Waals surface area contributed by atoms with E-state index in [0.29, 0.717) is 23.2 Å². The van der Waals surface area contributed by atoms with Crippen LogP contribution in [0.4, 0.5) is 13.2 Å². The minimum Gasteiger partial charge on any atom is -0.319 e. The Balaban J connectivity index is 2.49. The Morgan fingerprint density at radius 3 is 2.24 bits per heavy atom. The van der Waals surface area contributed by atoms with Crippen LogP contribution in [-0.2, 0) is 10.7 Å². The van der Waals surface area contributed by atoms with Gasteiger partial charge in [-0.15, -0.1) is 0 Å². The summed E-state index contributed by atoms with van der Waals surface area (Å²) in [6.45, 7) is 1.61. The van der Waals surface area contributed by atoms with Crippen molar-refractivity contribution < 1.29 is 17.7 Å². The normalized spacial score (nSPS) is 19.5. The molecule has 5 heteroatoms. The lowest BCUT2D eigenvalue weighted by molar-refractivity contribution is -0.137. The van der Waals surface area contributed by atoms with E-state index in [0.717, 1.165) is 25.0 Å². The average molecular weight is 262 g/mol. The summed E-state index contributed by atoms with van der Waals surface area (Å²) in [5, 5.41) is 0.405. The molecular weight excluding hydrogens is 248 g/mol. The van der Waals surface area contributed by atoms with Crippen molar-refractivity contribution in [1.29, 1.82) is 0 Å². The standard InChI is InChI=1S/C12H14F3OP/c1-9-6-10(12(13,14)15)8-11(7-9)17(16)4-2-3-5-17/h6-8H,2-5H2,1H3. The van der Waals surface area contributed by atoms with Crippen LogP contribution in [-0.4, -0.2) is 12.3 Å². The van der Waals surface area contributed by atoms with Crippen LogP contribution in [0.15, 0.2) is 18.2 Å². The molecule has 1 aromatic rings. The topological polar surface area (TPSA) is 17.1 Å². The maximum atomic E-state index is 12.7. The number of benzene rings is 1. The van der Waals surface area contributed by atoms with E-state index in [1.54, 1.807) is 13.0 Å². The van der Waals surface area contributed by atoms with Crippen molar-refractivity contribution >= 4 is 12.4 Å². The molecule has 17 heavy (non-hydrogen) atoms. The molecule has 0 atom stereocenters. The second-order valence-electron chi connectivity index (χ2n) is 4.60. The maximum absolute atomic E-state index is 12.7. The van der Waals surface area contributed by atoms with Gasteiger partial charge in [-0.05, 0) is 43.5 Å². The van der Waals surface area contributed by atoms with Crippen LogP contribution in [0.5, 0.6) is 0 Å². The molecule has 1 aliphatic rings. The largest absolute Gasteiger partial charge is 0.416 e. The van der Waals surface area contributed by atoms with E-state index in [2.05, 4.69) is 0 Å². The molecule has 0 N–H and O–H groups in total. The predicted octanol–water partition coefficient (Wildman–Crippen LogP) is 3.80. The van der Waals surface area contributed by atoms with Gasteiger partial charge in [0.2, 0.25) is 0 Å². The number of rotatable bonds is 1. The molecule has 0 amide bonds. The molecule has 2 rings (SSSR count). The fraction of sp³-hybridized carbons (Fsp3) is 0.500. The second kappa shape index (κ2) is 4.16. The van der Waals surface area contributed by atoms with Gasteiger partial charge in [0.25, 0.3) is 0 Å². The van der Waals surface area contributed by atoms with E-state index in [4.69, 9.17) is 0 Å². The molecule has 0 spiro atoms. The van der Waals surface area contributed by atoms with E-state index in [1.807, 2.05) is 0 Å². The van der Waals surface area contributed by atoms with Crippen LogP contribution in [0.1, 0.15) is 24.0 Å². The second-order valence-corrected chi connectivity index (χ2v) is 7.79. The Bertz CT molecular complexity index is 469. The van der Waals surface area contributed by atoms with Gasteiger partial charge in [0.1, 0.15) is 7.14 Å². The van der Waals surface area contributed by atoms with Crippen molar-refractivity contribution in [3.63, 3.8) is 0 Å². The number of hydrogen-bond acceptors (Lipinski definition) is 1. The molecule has 1 saturated heterocycles. The monoisotopic (exact) mass is 262 g/mol. The van der Waals surface area contributed by atoms with Crippen molar-refractivity contribution in [1.82, 2.24) is 0 Å². The van der Waals surface area contributed by atoms with Crippen molar-refractivity contribution in [2.45, 2.75) is 25.9 Å². The lowest BCUT2D eigenvalue weighted by Gasteiger charge is -2.15. The van der Waals surface area contributed by atoms with Crippen molar-refractivity contribution in [3.8, 4) is 0 Å². The fourth-order valence-corrected chi connectivity index (χ4v) is 5.29. The zero-order chi connectivity index (χ0) is 12.7. The SMILES string of the molecule is Cc1cc(C(F)(F)F)cc(P2(=O)CCCC2)c1. The third-order valence-electron chi connectivity index (χ3n) is 3.15. The molecule has 1 fully saturated rings. The molecule has 0 aromatic heterocycles. The summed E-state index contributed by atoms with van der Waals surface area (Å²) in [4.78, 5) is 0. The zero-order valence-corrected chi connectivity index (χ0v) is 10.4. The highest BCUT2D eigenvalue weighted by Gasteiger charge is 2.34. The Kier molecular flexibility index (Phi) is 3.11. The third kappa shape index (κ3) is 2.57. The van der Waals surface area contributed by atoms with Gasteiger partial charge in [0.15, 0.2) is 0 Å². The zero-order valence-electron chi connectivity index (χ0n) is 9.55. The lowest BCUT2D eigenvalue weighted by atomic mass is 10.1. The lowest BCUT2D eigenvalue weighted by Crippen LogP contribution is -2.13. The highest BCUT2D eigenvalue weighted by atomic mass is 31.2. The molecule has 0 radical (unpaired) electrons. The molecule has 0 aliphatic carbocycles. The predicted molar refractivity (Wildman–Crippen MR) is 62.4 cm³/mol. The van der Waals surface area contributed by atoms with Crippen LogP contribution in [0.3, 0.4) is 0 Å². The van der Waals surface area contributed by atoms with Gasteiger partial charge in [0.05, 0.1) is 5.56 Å². The number of alkyl halides is 3. The van der Waals surface area contributed by atoms with Gasteiger partial charge >= 0.3 is 6.18 Å². The molecule has 0 bridgehead atoms. The Morgan fingerprint density at radius 2 is 1.71 bits per heavy atom. The van der Waals surface area contributed by atoms with Gasteiger partial charge in [-0.1, -0.05) is 0 Å². The fourth-order valence-electron chi connectivity index (χ4n) is 2.27. The minimum atomic E-state index is -4.36. The highest BCUT2D eigenvalue weighted by Crippen LogP contribution is 2.51. The van der Waals surface area contributed by atoms with Gasteiger partial charge in [0, 0.05) is 17.6 Å². The van der Waals surface area contributed by atoms with Gasteiger partial charge in [-0.25, -0.2) is 0 Å². The first-order valence-electron chi connectivity index (χ1n) is 5.59. The summed E-state index contributed by atoms with van der Waals surface area (Å²) in [5.74, 6) is 0. The average Bonchev–Trinajstić information content (AvgIpc) is 2.64. The van der Waals surface area contributed by atoms with E-state index in [1.165, 1.54) is 0 Å². The number of hydrogen-bond donors (Lipinski definition) is 0. The molecule has 1 aromatic carbocycles. The maximum Gasteiger partial charge on any atom is 0.416 e. The van der Waals surface area contributed by atoms with Crippen LogP contribution in [0, 0.1) is 6.92 Å². The van der Waals surface area contributed by atoms with Crippen molar-refractivity contribution in [2.24, 2.45) is 0 Å². The van der Waals surface area contributed by atoms with E-state index in [-0.39, 0.29) is 0 Å². The van der Waals surface area contributed by atoms with Crippen LogP contribution < -0.4 is 5.30 Å². The molecule has 1 nitrogen and oxygen atoms in total. The number of aryl methyl sites for hydroxylation is 1. The molecule has 0 unspecified atom stereocenters. The summed E-state index contributed by atoms with van der Waals surface area (Å²) in [5.41, 5.74) is -0.161. The molecule has 1 heterocycles. The van der Waals surface area contributed by atoms with Gasteiger partial charge < -0.3 is 4.57 Å². The van der Waals surface area contributed by atoms with Gasteiger partial charge in [-0.2, -0.15) is 13.2 Å². The summed E-state index contributed by atoms with van der Waals surface area (Å²) < 4.78 is 50.5. The first-order valence-corrected chi connectivity index (χ1v) is 7.66. The molecule has 1 aliphatic heterocycles. The molecule has 94 valence electrons. The minimum absolute atomic E-state index is 0.405. The van der Waals surface area contributed by atoms with E-state index in [9.17, 15) is 17.7 Å². The summed E-state index contributed by atoms with van der Waals surface area (Å²) in [6.07, 6.45) is -1.56. The van der Waals surface area contributed by atoms with Crippen molar-refractivity contribution in [3.05, 3.63) is 29.3 Å². The third-order valence-corrected chi connectivity index (χ3v) is 6.43. The van der Waals surface area contributed by atoms with Crippen LogP contribution >= 0.6 is 7.14 Å². The van der Waals surface area contributed by atoms with Crippen LogP contribution in [0.25, 0.3) is 0 Å². The smallest absolute Gasteiger partial charge is 0.319 e. The summed E-state index contributed by atoms with van der Waals surface area (Å²) in [6, 6.07) is 3.81. The summed E-state index contributed by atoms with van der Waals surface area (Å²) in [7, 11) is -2.55. The quantitative estimate of drug-likeness (QED) is 0.703. The molecule has 0 saturated carbocycles. The van der Waals surface area contributed by atoms with Crippen molar-refractivity contribution in [2.75, 3.05) is 12.3 Å². The Labute approximate surface area is 98.4 Å². The Hall–Kier alpha value is -0.760. The molecular formula is C12H14F3OP. The first-order chi connectivity index (χ1) is 7.81. The van der Waals surface area contributed by atoms with Crippen LogP contribution in [0.2, 0.25) is 0 Å². The van der Waals surface area contributed by atoms with Gasteiger partial charge in [-0.3, -0.25) is 0 Å². The summed E-state index contributed by atoms with van der Waals surface area (Å²) >= 11 is 0. The van der Waals surface area contributed by atoms with E-state index < -0.39 is 18.9 Å².